The average Bonchev–Trinajstić information content (AvgIpc) is 2.91. The van der Waals surface area contributed by atoms with E-state index in [4.69, 9.17) is 18.0 Å². The van der Waals surface area contributed by atoms with E-state index in [2.05, 4.69) is 15.5 Å². The van der Waals surface area contributed by atoms with Crippen LogP contribution >= 0.6 is 12.2 Å². The van der Waals surface area contributed by atoms with E-state index >= 15 is 0 Å². The van der Waals surface area contributed by atoms with Crippen LogP contribution in [-0.2, 0) is 6.18 Å². The van der Waals surface area contributed by atoms with E-state index in [1.165, 1.54) is 12.4 Å². The van der Waals surface area contributed by atoms with Crippen molar-refractivity contribution in [2.45, 2.75) is 6.18 Å². The Bertz CT molecular complexity index is 682. The summed E-state index contributed by atoms with van der Waals surface area (Å²) >= 11 is 4.73. The van der Waals surface area contributed by atoms with E-state index < -0.39 is 17.6 Å². The summed E-state index contributed by atoms with van der Waals surface area (Å²) in [5.74, 6) is -0.541. The number of anilines is 1. The lowest BCUT2D eigenvalue weighted by Gasteiger charge is -2.13. The summed E-state index contributed by atoms with van der Waals surface area (Å²) in [6.45, 7) is 0. The summed E-state index contributed by atoms with van der Waals surface area (Å²) in [5.41, 5.74) is 4.78. The van der Waals surface area contributed by atoms with Gasteiger partial charge in [0, 0.05) is 11.8 Å². The SMILES string of the molecule is NC(=S)c1cc(C(F)(F)F)ccc1NC(=O)c1cn[nH]c1. The molecule has 0 bridgehead atoms. The first kappa shape index (κ1) is 15.0. The Morgan fingerprint density at radius 2 is 2.10 bits per heavy atom. The highest BCUT2D eigenvalue weighted by Crippen LogP contribution is 2.32. The molecule has 2 rings (SSSR count). The molecule has 0 aliphatic rings. The van der Waals surface area contributed by atoms with Gasteiger partial charge in [-0.2, -0.15) is 18.3 Å². The van der Waals surface area contributed by atoms with Crippen LogP contribution in [0.15, 0.2) is 30.6 Å². The molecule has 21 heavy (non-hydrogen) atoms. The first-order valence-corrected chi connectivity index (χ1v) is 6.01. The number of hydrogen-bond acceptors (Lipinski definition) is 3. The standard InChI is InChI=1S/C12H9F3N4OS/c13-12(14,15)7-1-2-9(8(3-7)10(16)21)19-11(20)6-4-17-18-5-6/h1-5H,(H2,16,21)(H,17,18)(H,19,20). The second-order valence-corrected chi connectivity index (χ2v) is 4.50. The Morgan fingerprint density at radius 1 is 1.38 bits per heavy atom. The van der Waals surface area contributed by atoms with Gasteiger partial charge in [-0.1, -0.05) is 12.2 Å². The molecule has 5 nitrogen and oxygen atoms in total. The fraction of sp³-hybridized carbons (Fsp3) is 0.0833. The maximum atomic E-state index is 12.7. The van der Waals surface area contributed by atoms with Crippen molar-refractivity contribution in [3.8, 4) is 0 Å². The number of nitrogens with one attached hydrogen (secondary N) is 2. The topological polar surface area (TPSA) is 83.8 Å². The molecule has 9 heteroatoms. The number of halogens is 3. The Labute approximate surface area is 122 Å². The molecule has 0 aliphatic carbocycles. The number of carbonyl (C=O) groups excluding carboxylic acids is 1. The van der Waals surface area contributed by atoms with Crippen molar-refractivity contribution in [2.24, 2.45) is 5.73 Å². The second-order valence-electron chi connectivity index (χ2n) is 4.06. The molecule has 1 aromatic heterocycles. The van der Waals surface area contributed by atoms with E-state index in [9.17, 15) is 18.0 Å². The van der Waals surface area contributed by atoms with Crippen LogP contribution in [0.1, 0.15) is 21.5 Å². The third-order valence-corrected chi connectivity index (χ3v) is 2.84. The predicted octanol–water partition coefficient (Wildman–Crippen LogP) is 2.32. The van der Waals surface area contributed by atoms with E-state index in [0.717, 1.165) is 18.2 Å². The molecule has 0 fully saturated rings. The van der Waals surface area contributed by atoms with Crippen molar-refractivity contribution in [2.75, 3.05) is 5.32 Å². The minimum atomic E-state index is -4.52. The maximum absolute atomic E-state index is 12.7. The molecular weight excluding hydrogens is 305 g/mol. The molecule has 0 saturated carbocycles. The van der Waals surface area contributed by atoms with Crippen LogP contribution in [-0.4, -0.2) is 21.1 Å². The van der Waals surface area contributed by atoms with Crippen molar-refractivity contribution in [1.29, 1.82) is 0 Å². The zero-order valence-electron chi connectivity index (χ0n) is 10.4. The van der Waals surface area contributed by atoms with Gasteiger partial charge in [0.25, 0.3) is 5.91 Å². The van der Waals surface area contributed by atoms with E-state index in [-0.39, 0.29) is 21.8 Å². The van der Waals surface area contributed by atoms with Crippen LogP contribution in [0.5, 0.6) is 0 Å². The number of alkyl halides is 3. The van der Waals surface area contributed by atoms with Crippen LogP contribution in [0.2, 0.25) is 0 Å². The van der Waals surface area contributed by atoms with Crippen LogP contribution in [0.25, 0.3) is 0 Å². The lowest BCUT2D eigenvalue weighted by atomic mass is 10.1. The highest BCUT2D eigenvalue weighted by molar-refractivity contribution is 7.80. The minimum absolute atomic E-state index is 0.0586. The van der Waals surface area contributed by atoms with Gasteiger partial charge in [0.15, 0.2) is 0 Å². The number of nitrogens with zero attached hydrogens (tertiary/aromatic N) is 1. The lowest BCUT2D eigenvalue weighted by molar-refractivity contribution is -0.137. The van der Waals surface area contributed by atoms with Gasteiger partial charge in [0.1, 0.15) is 4.99 Å². The third kappa shape index (κ3) is 3.37. The van der Waals surface area contributed by atoms with Crippen LogP contribution < -0.4 is 11.1 Å². The van der Waals surface area contributed by atoms with Gasteiger partial charge in [-0.3, -0.25) is 9.89 Å². The Balaban J connectivity index is 2.35. The quantitative estimate of drug-likeness (QED) is 0.759. The van der Waals surface area contributed by atoms with Gasteiger partial charge >= 0.3 is 6.18 Å². The smallest absolute Gasteiger partial charge is 0.389 e. The Morgan fingerprint density at radius 3 is 2.62 bits per heavy atom. The van der Waals surface area contributed by atoms with Gasteiger partial charge in [-0.05, 0) is 18.2 Å². The Hall–Kier alpha value is -2.42. The summed E-state index contributed by atoms with van der Waals surface area (Å²) in [4.78, 5) is 11.6. The molecule has 0 unspecified atom stereocenters. The van der Waals surface area contributed by atoms with Crippen molar-refractivity contribution < 1.29 is 18.0 Å². The van der Waals surface area contributed by atoms with Crippen LogP contribution in [0.4, 0.5) is 18.9 Å². The van der Waals surface area contributed by atoms with Gasteiger partial charge in [-0.25, -0.2) is 0 Å². The molecular formula is C12H9F3N4OS. The number of rotatable bonds is 3. The molecule has 1 heterocycles. The van der Waals surface area contributed by atoms with Gasteiger partial charge in [0.05, 0.1) is 23.0 Å². The van der Waals surface area contributed by atoms with Gasteiger partial charge < -0.3 is 11.1 Å². The summed E-state index contributed by atoms with van der Waals surface area (Å²) < 4.78 is 38.0. The zero-order valence-corrected chi connectivity index (χ0v) is 11.2. The highest BCUT2D eigenvalue weighted by atomic mass is 32.1. The molecule has 2 aromatic rings. The van der Waals surface area contributed by atoms with E-state index in [1.54, 1.807) is 0 Å². The summed E-state index contributed by atoms with van der Waals surface area (Å²) in [5, 5.41) is 8.50. The highest BCUT2D eigenvalue weighted by Gasteiger charge is 2.31. The van der Waals surface area contributed by atoms with Crippen molar-refractivity contribution in [3.63, 3.8) is 0 Å². The second kappa shape index (κ2) is 5.52. The van der Waals surface area contributed by atoms with Crippen LogP contribution in [0.3, 0.4) is 0 Å². The van der Waals surface area contributed by atoms with E-state index in [0.29, 0.717) is 0 Å². The molecule has 0 spiro atoms. The number of benzene rings is 1. The molecule has 0 saturated heterocycles. The van der Waals surface area contributed by atoms with Crippen LogP contribution in [0, 0.1) is 0 Å². The maximum Gasteiger partial charge on any atom is 0.416 e. The first-order chi connectivity index (χ1) is 9.79. The summed E-state index contributed by atoms with van der Waals surface area (Å²) in [6.07, 6.45) is -1.90. The average molecular weight is 314 g/mol. The molecule has 1 amide bonds. The summed E-state index contributed by atoms with van der Waals surface area (Å²) in [6, 6.07) is 2.75. The fourth-order valence-corrected chi connectivity index (χ4v) is 1.77. The van der Waals surface area contributed by atoms with Gasteiger partial charge in [-0.15, -0.1) is 0 Å². The van der Waals surface area contributed by atoms with Gasteiger partial charge in [0.2, 0.25) is 0 Å². The summed E-state index contributed by atoms with van der Waals surface area (Å²) in [7, 11) is 0. The number of carbonyl (C=O) groups is 1. The number of nitrogens with two attached hydrogens (primary N) is 1. The lowest BCUT2D eigenvalue weighted by Crippen LogP contribution is -2.18. The minimum Gasteiger partial charge on any atom is -0.389 e. The zero-order chi connectivity index (χ0) is 15.6. The number of aromatic amines is 1. The molecule has 0 radical (unpaired) electrons. The van der Waals surface area contributed by atoms with E-state index in [1.807, 2.05) is 0 Å². The monoisotopic (exact) mass is 314 g/mol. The first-order valence-electron chi connectivity index (χ1n) is 5.60. The number of H-pyrrole nitrogens is 1. The Kier molecular flexibility index (Phi) is 3.94. The largest absolute Gasteiger partial charge is 0.416 e. The van der Waals surface area contributed by atoms with Crippen molar-refractivity contribution in [1.82, 2.24) is 10.2 Å². The number of aromatic nitrogens is 2. The molecule has 0 atom stereocenters. The fourth-order valence-electron chi connectivity index (χ4n) is 1.60. The molecule has 110 valence electrons. The predicted molar refractivity (Wildman–Crippen MR) is 73.9 cm³/mol. The number of hydrogen-bond donors (Lipinski definition) is 3. The van der Waals surface area contributed by atoms with Crippen molar-refractivity contribution in [3.05, 3.63) is 47.3 Å². The molecule has 4 N–H and O–H groups in total. The number of amides is 1. The van der Waals surface area contributed by atoms with Crippen molar-refractivity contribution >= 4 is 28.8 Å². The normalized spacial score (nSPS) is 11.2. The third-order valence-electron chi connectivity index (χ3n) is 2.62. The molecule has 0 aliphatic heterocycles. The molecule has 1 aromatic carbocycles. The number of thiocarbonyl (C=S) groups is 1.